The zero-order valence-electron chi connectivity index (χ0n) is 15.2. The van der Waals surface area contributed by atoms with Gasteiger partial charge in [-0.15, -0.1) is 0 Å². The molecule has 2 aromatic carbocycles. The summed E-state index contributed by atoms with van der Waals surface area (Å²) < 4.78 is 5.88. The lowest BCUT2D eigenvalue weighted by molar-refractivity contribution is -0.132. The van der Waals surface area contributed by atoms with Crippen LogP contribution in [0.4, 0.5) is 5.82 Å². The van der Waals surface area contributed by atoms with E-state index in [1.165, 1.54) is 18.2 Å². The lowest BCUT2D eigenvalue weighted by Crippen LogP contribution is -2.29. The summed E-state index contributed by atoms with van der Waals surface area (Å²) in [7, 11) is 0. The molecular formula is C21H15BrN2O5. The van der Waals surface area contributed by atoms with Gasteiger partial charge in [0.05, 0.1) is 11.6 Å². The molecule has 1 saturated heterocycles. The van der Waals surface area contributed by atoms with Crippen LogP contribution in [-0.4, -0.2) is 27.1 Å². The van der Waals surface area contributed by atoms with Gasteiger partial charge in [0.25, 0.3) is 5.78 Å². The van der Waals surface area contributed by atoms with Gasteiger partial charge in [0.15, 0.2) is 5.82 Å². The Morgan fingerprint density at radius 3 is 2.48 bits per heavy atom. The van der Waals surface area contributed by atoms with Gasteiger partial charge in [0.1, 0.15) is 17.3 Å². The van der Waals surface area contributed by atoms with Crippen molar-refractivity contribution in [1.29, 1.82) is 0 Å². The number of carbonyl (C=O) groups is 2. The van der Waals surface area contributed by atoms with Crippen LogP contribution < -0.4 is 4.90 Å². The quantitative estimate of drug-likeness (QED) is 0.351. The summed E-state index contributed by atoms with van der Waals surface area (Å²) in [6, 6.07) is 13.4. The zero-order chi connectivity index (χ0) is 20.7. The molecule has 1 amide bonds. The predicted octanol–water partition coefficient (Wildman–Crippen LogP) is 4.08. The van der Waals surface area contributed by atoms with Gasteiger partial charge in [0.2, 0.25) is 0 Å². The predicted molar refractivity (Wildman–Crippen MR) is 108 cm³/mol. The number of aromatic hydroxyl groups is 1. The van der Waals surface area contributed by atoms with Crippen LogP contribution in [0.2, 0.25) is 0 Å². The van der Waals surface area contributed by atoms with Crippen molar-refractivity contribution in [3.05, 3.63) is 81.5 Å². The van der Waals surface area contributed by atoms with E-state index in [1.807, 2.05) is 0 Å². The molecule has 29 heavy (non-hydrogen) atoms. The number of benzene rings is 2. The van der Waals surface area contributed by atoms with Crippen molar-refractivity contribution < 1.29 is 24.3 Å². The van der Waals surface area contributed by atoms with E-state index in [0.717, 1.165) is 9.37 Å². The van der Waals surface area contributed by atoms with Crippen LogP contribution in [-0.2, 0) is 9.59 Å². The maximum absolute atomic E-state index is 12.9. The van der Waals surface area contributed by atoms with Crippen LogP contribution in [0.5, 0.6) is 5.75 Å². The molecule has 0 radical (unpaired) electrons. The highest BCUT2D eigenvalue weighted by molar-refractivity contribution is 9.10. The molecule has 3 aromatic rings. The summed E-state index contributed by atoms with van der Waals surface area (Å²) in [4.78, 5) is 26.9. The van der Waals surface area contributed by atoms with Crippen molar-refractivity contribution >= 4 is 39.2 Å². The second-order valence-electron chi connectivity index (χ2n) is 6.57. The number of carbonyl (C=O) groups excluding carboxylic acids is 2. The highest BCUT2D eigenvalue weighted by Crippen LogP contribution is 2.42. The smallest absolute Gasteiger partial charge is 0.301 e. The average molecular weight is 455 g/mol. The first-order valence-electron chi connectivity index (χ1n) is 8.66. The number of rotatable bonds is 3. The van der Waals surface area contributed by atoms with E-state index >= 15 is 0 Å². The molecule has 2 heterocycles. The molecule has 0 spiro atoms. The third-order valence-corrected chi connectivity index (χ3v) is 5.14. The molecule has 1 unspecified atom stereocenters. The number of amides is 1. The molecule has 1 fully saturated rings. The molecule has 4 rings (SSSR count). The number of Topliss-reactive ketones (excluding diaryl/α,β-unsaturated/α-hetero) is 1. The van der Waals surface area contributed by atoms with E-state index in [9.17, 15) is 19.8 Å². The summed E-state index contributed by atoms with van der Waals surface area (Å²) in [5, 5.41) is 24.7. The average Bonchev–Trinajstić information content (AvgIpc) is 3.23. The normalized spacial score (nSPS) is 18.4. The summed E-state index contributed by atoms with van der Waals surface area (Å²) in [6.07, 6.45) is 0. The monoisotopic (exact) mass is 454 g/mol. The fourth-order valence-corrected chi connectivity index (χ4v) is 3.57. The van der Waals surface area contributed by atoms with Gasteiger partial charge >= 0.3 is 5.91 Å². The number of phenolic OH excluding ortho intramolecular Hbond substituents is 1. The first-order chi connectivity index (χ1) is 13.9. The third-order valence-electron chi connectivity index (χ3n) is 4.61. The Hall–Kier alpha value is -3.39. The van der Waals surface area contributed by atoms with Crippen molar-refractivity contribution in [3.63, 3.8) is 0 Å². The molecule has 0 saturated carbocycles. The molecule has 1 aliphatic heterocycles. The van der Waals surface area contributed by atoms with Gasteiger partial charge in [-0.25, -0.2) is 0 Å². The Kier molecular flexibility index (Phi) is 4.71. The van der Waals surface area contributed by atoms with E-state index in [0.29, 0.717) is 16.9 Å². The summed E-state index contributed by atoms with van der Waals surface area (Å²) in [5.74, 6) is -1.43. The Labute approximate surface area is 174 Å². The van der Waals surface area contributed by atoms with Gasteiger partial charge in [-0.2, -0.15) is 0 Å². The van der Waals surface area contributed by atoms with Crippen LogP contribution in [0.15, 0.2) is 69.2 Å². The lowest BCUT2D eigenvalue weighted by Gasteiger charge is -2.22. The van der Waals surface area contributed by atoms with Gasteiger partial charge in [-0.05, 0) is 36.8 Å². The number of hydrogen-bond donors (Lipinski definition) is 2. The first kappa shape index (κ1) is 18.9. The van der Waals surface area contributed by atoms with Crippen LogP contribution in [0.25, 0.3) is 5.76 Å². The highest BCUT2D eigenvalue weighted by atomic mass is 79.9. The molecule has 0 bridgehead atoms. The number of aryl methyl sites for hydroxylation is 1. The number of phenols is 1. The van der Waals surface area contributed by atoms with E-state index in [4.69, 9.17) is 4.52 Å². The molecule has 8 heteroatoms. The third kappa shape index (κ3) is 3.31. The van der Waals surface area contributed by atoms with Crippen LogP contribution in [0.1, 0.15) is 22.9 Å². The molecule has 7 nitrogen and oxygen atoms in total. The van der Waals surface area contributed by atoms with Crippen LogP contribution >= 0.6 is 15.9 Å². The molecule has 146 valence electrons. The SMILES string of the molecule is Cc1cc(N2C(=O)C(=O)/C(=C(\O)c3ccc(Br)cc3)C2c2cccc(O)c2)no1. The van der Waals surface area contributed by atoms with Gasteiger partial charge < -0.3 is 14.7 Å². The zero-order valence-corrected chi connectivity index (χ0v) is 16.8. The fraction of sp³-hybridized carbons (Fsp3) is 0.0952. The molecule has 2 N–H and O–H groups in total. The molecular weight excluding hydrogens is 440 g/mol. The number of aliphatic hydroxyl groups excluding tert-OH is 1. The lowest BCUT2D eigenvalue weighted by atomic mass is 9.95. The minimum atomic E-state index is -0.977. The Morgan fingerprint density at radius 1 is 1.14 bits per heavy atom. The fourth-order valence-electron chi connectivity index (χ4n) is 3.31. The van der Waals surface area contributed by atoms with Crippen molar-refractivity contribution in [1.82, 2.24) is 5.16 Å². The number of nitrogens with zero attached hydrogens (tertiary/aromatic N) is 2. The number of ketones is 1. The second kappa shape index (κ2) is 7.21. The number of halogens is 1. The van der Waals surface area contributed by atoms with Crippen LogP contribution in [0, 0.1) is 6.92 Å². The maximum atomic E-state index is 12.9. The van der Waals surface area contributed by atoms with E-state index < -0.39 is 17.7 Å². The van der Waals surface area contributed by atoms with Gasteiger partial charge in [-0.1, -0.05) is 45.4 Å². The standard InChI is InChI=1S/C21H15BrN2O5/c1-11-9-16(23-29-11)24-18(13-3-2-4-15(25)10-13)17(20(27)21(24)28)19(26)12-5-7-14(22)8-6-12/h2-10,18,25-26H,1H3/b19-17-. The Balaban J connectivity index is 1.95. The number of hydrogen-bond acceptors (Lipinski definition) is 6. The number of aliphatic hydroxyl groups is 1. The first-order valence-corrected chi connectivity index (χ1v) is 9.45. The maximum Gasteiger partial charge on any atom is 0.301 e. The van der Waals surface area contributed by atoms with E-state index in [1.54, 1.807) is 43.3 Å². The Bertz CT molecular complexity index is 1150. The molecule has 1 aromatic heterocycles. The van der Waals surface area contributed by atoms with E-state index in [-0.39, 0.29) is 22.9 Å². The Morgan fingerprint density at radius 2 is 1.86 bits per heavy atom. The van der Waals surface area contributed by atoms with Gasteiger partial charge in [0, 0.05) is 16.1 Å². The largest absolute Gasteiger partial charge is 0.508 e. The summed E-state index contributed by atoms with van der Waals surface area (Å²) in [6.45, 7) is 1.66. The topological polar surface area (TPSA) is 104 Å². The summed E-state index contributed by atoms with van der Waals surface area (Å²) >= 11 is 3.33. The molecule has 1 aliphatic rings. The van der Waals surface area contributed by atoms with Crippen molar-refractivity contribution in [3.8, 4) is 5.75 Å². The summed E-state index contributed by atoms with van der Waals surface area (Å²) in [5.41, 5.74) is 0.736. The molecule has 0 aliphatic carbocycles. The molecule has 1 atom stereocenters. The van der Waals surface area contributed by atoms with Crippen LogP contribution in [0.3, 0.4) is 0 Å². The second-order valence-corrected chi connectivity index (χ2v) is 7.48. The van der Waals surface area contributed by atoms with Crippen molar-refractivity contribution in [2.24, 2.45) is 0 Å². The van der Waals surface area contributed by atoms with Crippen molar-refractivity contribution in [2.45, 2.75) is 13.0 Å². The number of anilines is 1. The minimum absolute atomic E-state index is 0.0342. The van der Waals surface area contributed by atoms with Crippen molar-refractivity contribution in [2.75, 3.05) is 4.90 Å². The van der Waals surface area contributed by atoms with Gasteiger partial charge in [-0.3, -0.25) is 14.5 Å². The highest BCUT2D eigenvalue weighted by Gasteiger charge is 2.48. The minimum Gasteiger partial charge on any atom is -0.508 e. The van der Waals surface area contributed by atoms with E-state index in [2.05, 4.69) is 21.1 Å². The number of aromatic nitrogens is 1.